The smallest absolute Gasteiger partial charge is 0.269 e. The highest BCUT2D eigenvalue weighted by Gasteiger charge is 2.49. The van der Waals surface area contributed by atoms with Gasteiger partial charge in [0.15, 0.2) is 7.36 Å². The second kappa shape index (κ2) is 9.78. The molecule has 0 aromatic heterocycles. The van der Waals surface area contributed by atoms with Gasteiger partial charge >= 0.3 is 0 Å². The van der Waals surface area contributed by atoms with Crippen LogP contribution in [-0.4, -0.2) is 35.9 Å². The number of para-hydroxylation sites is 2. The lowest BCUT2D eigenvalue weighted by molar-refractivity contribution is -0.384. The molecule has 0 N–H and O–H groups in total. The lowest BCUT2D eigenvalue weighted by Crippen LogP contribution is -2.34. The van der Waals surface area contributed by atoms with Gasteiger partial charge in [-0.15, -0.1) is 0 Å². The number of hydrazone groups is 1. The summed E-state index contributed by atoms with van der Waals surface area (Å²) in [6.07, 6.45) is 5.43. The van der Waals surface area contributed by atoms with Crippen molar-refractivity contribution in [3.05, 3.63) is 106 Å². The molecule has 1 fully saturated rings. The topological polar surface area (TPSA) is 77.6 Å². The minimum atomic E-state index is -2.68. The quantitative estimate of drug-likeness (QED) is 0.191. The maximum Gasteiger partial charge on any atom is 0.269 e. The zero-order valence-corrected chi connectivity index (χ0v) is 23.5. The van der Waals surface area contributed by atoms with E-state index in [2.05, 4.69) is 71.6 Å². The number of benzene rings is 3. The summed E-state index contributed by atoms with van der Waals surface area (Å²) in [6, 6.07) is 25.5. The zero-order chi connectivity index (χ0) is 27.2. The highest BCUT2D eigenvalue weighted by atomic mass is 31.2. The fraction of sp³-hybridized carbons (Fsp3) is 0.300. The third-order valence-electron chi connectivity index (χ3n) is 8.01. The van der Waals surface area contributed by atoms with Crippen molar-refractivity contribution in [3.63, 3.8) is 0 Å². The average molecular weight is 541 g/mol. The van der Waals surface area contributed by atoms with Crippen LogP contribution < -0.4 is 9.68 Å². The molecule has 3 heterocycles. The maximum atomic E-state index is 11.4. The Morgan fingerprint density at radius 3 is 2.26 bits per heavy atom. The Balaban J connectivity index is 1.67. The molecule has 0 saturated carbocycles. The molecule has 0 spiro atoms. The normalized spacial score (nSPS) is 24.2. The number of hydrogen-bond acceptors (Lipinski definition) is 5. The first-order valence-corrected chi connectivity index (χ1v) is 15.1. The largest absolute Gasteiger partial charge is 0.346 e. The number of rotatable bonds is 4. The molecule has 3 aliphatic heterocycles. The van der Waals surface area contributed by atoms with Crippen molar-refractivity contribution in [3.8, 4) is 0 Å². The molecule has 200 valence electrons. The fourth-order valence-electron chi connectivity index (χ4n) is 6.20. The molecule has 3 aliphatic rings. The molecular weight excluding hydrogens is 507 g/mol. The average Bonchev–Trinajstić information content (AvgIpc) is 3.42. The Kier molecular flexibility index (Phi) is 6.40. The fourth-order valence-corrected chi connectivity index (χ4v) is 10.1. The summed E-state index contributed by atoms with van der Waals surface area (Å²) in [5.41, 5.74) is 5.20. The molecular formula is C30H33N6O2P. The van der Waals surface area contributed by atoms with Crippen LogP contribution in [0, 0.1) is 10.1 Å². The molecule has 0 aliphatic carbocycles. The third kappa shape index (κ3) is 4.10. The van der Waals surface area contributed by atoms with Crippen LogP contribution >= 0.6 is 7.36 Å². The maximum absolute atomic E-state index is 11.4. The van der Waals surface area contributed by atoms with Crippen molar-refractivity contribution in [2.45, 2.75) is 38.5 Å². The molecule has 0 amide bonds. The van der Waals surface area contributed by atoms with Crippen molar-refractivity contribution in [2.24, 2.45) is 9.85 Å². The Bertz CT molecular complexity index is 1520. The van der Waals surface area contributed by atoms with E-state index >= 15 is 0 Å². The number of nitro benzene ring substituents is 1. The van der Waals surface area contributed by atoms with E-state index in [-0.39, 0.29) is 16.0 Å². The molecule has 1 atom stereocenters. The predicted octanol–water partition coefficient (Wildman–Crippen LogP) is 7.89. The van der Waals surface area contributed by atoms with Gasteiger partial charge in [-0.05, 0) is 48.7 Å². The van der Waals surface area contributed by atoms with Gasteiger partial charge in [0.05, 0.1) is 27.8 Å². The predicted molar refractivity (Wildman–Crippen MR) is 160 cm³/mol. The van der Waals surface area contributed by atoms with Crippen LogP contribution in [0.4, 0.5) is 22.7 Å². The van der Waals surface area contributed by atoms with E-state index < -0.39 is 7.36 Å². The molecule has 1 saturated heterocycles. The van der Waals surface area contributed by atoms with Gasteiger partial charge in [0.25, 0.3) is 5.69 Å². The summed E-state index contributed by atoms with van der Waals surface area (Å²) in [5.74, 6) is 0. The Morgan fingerprint density at radius 1 is 0.923 bits per heavy atom. The lowest BCUT2D eigenvalue weighted by atomic mass is 9.84. The molecule has 3 aromatic carbocycles. The summed E-state index contributed by atoms with van der Waals surface area (Å²) in [6.45, 7) is 6.41. The standard InChI is InChI=1S/C30H33N6O2P/c1-30(2)26-14-8-9-15-27(26)33(3)29(30)28-22-31-35(24-12-6-4-7-13-24)39(28,34-20-10-5-11-21-34)32-23-16-18-25(19-17-23)36(37)38/h4,6-9,12-19,22H,5,10-11,20-21H2,1-3H3. The van der Waals surface area contributed by atoms with E-state index in [1.165, 1.54) is 23.4 Å². The molecule has 8 nitrogen and oxygen atoms in total. The van der Waals surface area contributed by atoms with E-state index in [4.69, 9.17) is 9.85 Å². The van der Waals surface area contributed by atoms with Gasteiger partial charge in [-0.3, -0.25) is 10.1 Å². The third-order valence-corrected chi connectivity index (χ3v) is 11.5. The number of piperidine rings is 1. The number of non-ortho nitro benzene ring substituents is 1. The minimum Gasteiger partial charge on any atom is -0.346 e. The van der Waals surface area contributed by atoms with Crippen LogP contribution in [0.15, 0.2) is 99.7 Å². The first-order chi connectivity index (χ1) is 18.8. The summed E-state index contributed by atoms with van der Waals surface area (Å²) in [5, 5.41) is 17.6. The number of likely N-dealkylation sites (N-methyl/N-ethyl adjacent to an activating group) is 1. The summed E-state index contributed by atoms with van der Waals surface area (Å²) < 4.78 is 10.3. The van der Waals surface area contributed by atoms with Gasteiger partial charge in [-0.2, -0.15) is 5.10 Å². The van der Waals surface area contributed by atoms with Gasteiger partial charge < -0.3 is 4.90 Å². The number of fused-ring (bicyclic) bond motifs is 1. The highest BCUT2D eigenvalue weighted by Crippen LogP contribution is 2.71. The van der Waals surface area contributed by atoms with Crippen LogP contribution in [0.3, 0.4) is 0 Å². The van der Waals surface area contributed by atoms with Gasteiger partial charge in [0.1, 0.15) is 0 Å². The lowest BCUT2D eigenvalue weighted by Gasteiger charge is -2.43. The van der Waals surface area contributed by atoms with Crippen LogP contribution in [0.2, 0.25) is 0 Å². The summed E-state index contributed by atoms with van der Waals surface area (Å²) in [7, 11) is -0.538. The van der Waals surface area contributed by atoms with Crippen molar-refractivity contribution in [2.75, 3.05) is 29.8 Å². The zero-order valence-electron chi connectivity index (χ0n) is 22.6. The van der Waals surface area contributed by atoms with Crippen molar-refractivity contribution >= 4 is 36.3 Å². The Hall–Kier alpha value is -3.74. The Labute approximate surface area is 229 Å². The van der Waals surface area contributed by atoms with Crippen LogP contribution in [0.25, 0.3) is 0 Å². The monoisotopic (exact) mass is 540 g/mol. The number of allylic oxidation sites excluding steroid dienone is 2. The van der Waals surface area contributed by atoms with Gasteiger partial charge in [0.2, 0.25) is 0 Å². The molecule has 3 aromatic rings. The van der Waals surface area contributed by atoms with Gasteiger partial charge in [0, 0.05) is 49.1 Å². The van der Waals surface area contributed by atoms with Crippen molar-refractivity contribution < 1.29 is 4.92 Å². The van der Waals surface area contributed by atoms with E-state index in [0.717, 1.165) is 42.6 Å². The van der Waals surface area contributed by atoms with Crippen LogP contribution in [-0.2, 0) is 5.41 Å². The van der Waals surface area contributed by atoms with Crippen molar-refractivity contribution in [1.29, 1.82) is 0 Å². The molecule has 0 bridgehead atoms. The molecule has 1 unspecified atom stereocenters. The number of nitro groups is 1. The van der Waals surface area contributed by atoms with E-state index in [0.29, 0.717) is 0 Å². The second-order valence-corrected chi connectivity index (χ2v) is 13.5. The first kappa shape index (κ1) is 25.5. The SMILES string of the molecule is CN1C(=C2C=NN(c3ccccc3)P2(=Nc2ccc([N+](=O)[O-])cc2)N2CCCCC2)C(C)(C)c2ccccc21. The molecule has 0 radical (unpaired) electrons. The number of hydrogen-bond donors (Lipinski definition) is 0. The summed E-state index contributed by atoms with van der Waals surface area (Å²) in [4.78, 5) is 13.3. The van der Waals surface area contributed by atoms with Gasteiger partial charge in [-0.25, -0.2) is 14.2 Å². The minimum absolute atomic E-state index is 0.0626. The number of anilines is 2. The number of nitrogens with zero attached hydrogens (tertiary/aromatic N) is 6. The molecule has 9 heteroatoms. The first-order valence-electron chi connectivity index (χ1n) is 13.4. The van der Waals surface area contributed by atoms with E-state index in [9.17, 15) is 10.1 Å². The highest BCUT2D eigenvalue weighted by molar-refractivity contribution is 7.71. The molecule has 6 rings (SSSR count). The van der Waals surface area contributed by atoms with Crippen LogP contribution in [0.1, 0.15) is 38.7 Å². The summed E-state index contributed by atoms with van der Waals surface area (Å²) >= 11 is 0. The second-order valence-electron chi connectivity index (χ2n) is 10.8. The van der Waals surface area contributed by atoms with Gasteiger partial charge in [-0.1, -0.05) is 56.7 Å². The van der Waals surface area contributed by atoms with Crippen molar-refractivity contribution in [1.82, 2.24) is 4.67 Å². The molecule has 39 heavy (non-hydrogen) atoms. The van der Waals surface area contributed by atoms with Crippen LogP contribution in [0.5, 0.6) is 0 Å². The van der Waals surface area contributed by atoms with E-state index in [1.807, 2.05) is 24.4 Å². The Morgan fingerprint density at radius 2 is 1.59 bits per heavy atom. The van der Waals surface area contributed by atoms with E-state index in [1.54, 1.807) is 24.3 Å².